The second kappa shape index (κ2) is 8.57. The molecule has 0 radical (unpaired) electrons. The quantitative estimate of drug-likeness (QED) is 0.167. The molecule has 0 saturated carbocycles. The fourth-order valence-electron chi connectivity index (χ4n) is 1.57. The second-order valence-corrected chi connectivity index (χ2v) is 5.79. The van der Waals surface area contributed by atoms with E-state index >= 15 is 0 Å². The van der Waals surface area contributed by atoms with E-state index in [1.54, 1.807) is 19.2 Å². The summed E-state index contributed by atoms with van der Waals surface area (Å²) >= 11 is 0. The van der Waals surface area contributed by atoms with Crippen molar-refractivity contribution in [2.75, 3.05) is 26.8 Å². The zero-order valence-corrected chi connectivity index (χ0v) is 12.7. The van der Waals surface area contributed by atoms with Crippen LogP contribution in [0.15, 0.2) is 34.2 Å². The van der Waals surface area contributed by atoms with E-state index in [0.29, 0.717) is 32.1 Å². The van der Waals surface area contributed by atoms with Crippen molar-refractivity contribution < 1.29 is 13.2 Å². The van der Waals surface area contributed by atoms with Crippen LogP contribution in [0.4, 0.5) is 0 Å². The normalized spacial score (nSPS) is 12.2. The number of benzene rings is 1. The molecule has 0 fully saturated rings. The standard InChI is InChI=1S/C12H21N5O3S/c1-20-9-8-16-12(17-13)15-7-6-10-2-4-11(5-3-10)21(14,18)19/h2-5H,6-9,13H2,1H3,(H2,14,18,19)(H2,15,16,17). The number of hydrazine groups is 1. The van der Waals surface area contributed by atoms with E-state index in [9.17, 15) is 8.42 Å². The zero-order chi connectivity index (χ0) is 15.7. The van der Waals surface area contributed by atoms with Crippen molar-refractivity contribution in [2.24, 2.45) is 16.0 Å². The third-order valence-electron chi connectivity index (χ3n) is 2.66. The molecule has 0 aliphatic rings. The topological polar surface area (TPSA) is 132 Å². The lowest BCUT2D eigenvalue weighted by atomic mass is 10.1. The summed E-state index contributed by atoms with van der Waals surface area (Å²) in [5, 5.41) is 8.07. The van der Waals surface area contributed by atoms with Crippen LogP contribution in [0, 0.1) is 0 Å². The van der Waals surface area contributed by atoms with Crippen molar-refractivity contribution in [3.63, 3.8) is 0 Å². The maximum absolute atomic E-state index is 11.1. The molecule has 1 aromatic rings. The third-order valence-corrected chi connectivity index (χ3v) is 3.59. The fourth-order valence-corrected chi connectivity index (χ4v) is 2.09. The molecular formula is C12H21N5O3S. The Morgan fingerprint density at radius 2 is 2.00 bits per heavy atom. The molecule has 0 spiro atoms. The summed E-state index contributed by atoms with van der Waals surface area (Å²) in [6, 6.07) is 6.41. The van der Waals surface area contributed by atoms with Crippen LogP contribution in [0.5, 0.6) is 0 Å². The number of hydrogen-bond acceptors (Lipinski definition) is 5. The molecular weight excluding hydrogens is 294 g/mol. The molecule has 1 rings (SSSR count). The van der Waals surface area contributed by atoms with Crippen LogP contribution in [-0.2, 0) is 21.2 Å². The molecule has 0 heterocycles. The molecule has 1 aromatic carbocycles. The van der Waals surface area contributed by atoms with Crippen molar-refractivity contribution in [2.45, 2.75) is 11.3 Å². The van der Waals surface area contributed by atoms with Crippen LogP contribution < -0.4 is 21.7 Å². The molecule has 0 amide bonds. The molecule has 21 heavy (non-hydrogen) atoms. The van der Waals surface area contributed by atoms with Crippen LogP contribution in [0.2, 0.25) is 0 Å². The largest absolute Gasteiger partial charge is 0.383 e. The minimum Gasteiger partial charge on any atom is -0.383 e. The second-order valence-electron chi connectivity index (χ2n) is 4.23. The van der Waals surface area contributed by atoms with Gasteiger partial charge in [-0.2, -0.15) is 0 Å². The van der Waals surface area contributed by atoms with E-state index in [0.717, 1.165) is 5.56 Å². The lowest BCUT2D eigenvalue weighted by Gasteiger charge is -2.09. The first-order chi connectivity index (χ1) is 9.97. The summed E-state index contributed by atoms with van der Waals surface area (Å²) in [6.45, 7) is 1.62. The van der Waals surface area contributed by atoms with Gasteiger partial charge in [-0.25, -0.2) is 24.4 Å². The monoisotopic (exact) mass is 315 g/mol. The number of hydrogen-bond donors (Lipinski definition) is 4. The van der Waals surface area contributed by atoms with Crippen LogP contribution in [-0.4, -0.2) is 41.2 Å². The van der Waals surface area contributed by atoms with Gasteiger partial charge in [0.05, 0.1) is 18.0 Å². The average molecular weight is 315 g/mol. The summed E-state index contributed by atoms with van der Waals surface area (Å²) in [5.74, 6) is 5.82. The van der Waals surface area contributed by atoms with Crippen molar-refractivity contribution in [3.05, 3.63) is 29.8 Å². The molecule has 6 N–H and O–H groups in total. The SMILES string of the molecule is COCCN=C(NN)NCCc1ccc(S(N)(=O)=O)cc1. The number of nitrogens with zero attached hydrogens (tertiary/aromatic N) is 1. The number of rotatable bonds is 7. The molecule has 0 aliphatic heterocycles. The van der Waals surface area contributed by atoms with Crippen molar-refractivity contribution >= 4 is 16.0 Å². The maximum atomic E-state index is 11.1. The van der Waals surface area contributed by atoms with Gasteiger partial charge in [0.2, 0.25) is 16.0 Å². The first-order valence-corrected chi connectivity index (χ1v) is 7.87. The highest BCUT2D eigenvalue weighted by molar-refractivity contribution is 7.89. The van der Waals surface area contributed by atoms with Gasteiger partial charge >= 0.3 is 0 Å². The van der Waals surface area contributed by atoms with E-state index in [-0.39, 0.29) is 4.90 Å². The summed E-state index contributed by atoms with van der Waals surface area (Å²) in [7, 11) is -2.04. The van der Waals surface area contributed by atoms with Gasteiger partial charge in [0.1, 0.15) is 0 Å². The first kappa shape index (κ1) is 17.4. The predicted molar refractivity (Wildman–Crippen MR) is 81.0 cm³/mol. The Bertz CT molecular complexity index is 557. The van der Waals surface area contributed by atoms with Gasteiger partial charge in [0.25, 0.3) is 0 Å². The van der Waals surface area contributed by atoms with E-state index in [2.05, 4.69) is 15.7 Å². The van der Waals surface area contributed by atoms with Crippen LogP contribution in [0.25, 0.3) is 0 Å². The Labute approximate surface area is 124 Å². The number of ether oxygens (including phenoxy) is 1. The summed E-state index contributed by atoms with van der Waals surface area (Å²) in [6.07, 6.45) is 0.690. The fraction of sp³-hybridized carbons (Fsp3) is 0.417. The lowest BCUT2D eigenvalue weighted by Crippen LogP contribution is -2.42. The van der Waals surface area contributed by atoms with E-state index in [4.69, 9.17) is 15.7 Å². The average Bonchev–Trinajstić information content (AvgIpc) is 2.45. The molecule has 0 atom stereocenters. The zero-order valence-electron chi connectivity index (χ0n) is 11.9. The van der Waals surface area contributed by atoms with Crippen molar-refractivity contribution in [1.29, 1.82) is 0 Å². The molecule has 0 unspecified atom stereocenters. The van der Waals surface area contributed by atoms with Gasteiger partial charge in [-0.3, -0.25) is 5.43 Å². The molecule has 0 aliphatic carbocycles. The van der Waals surface area contributed by atoms with Crippen molar-refractivity contribution in [1.82, 2.24) is 10.7 Å². The van der Waals surface area contributed by atoms with Gasteiger partial charge in [0, 0.05) is 13.7 Å². The van der Waals surface area contributed by atoms with Gasteiger partial charge in [-0.1, -0.05) is 12.1 Å². The summed E-state index contributed by atoms with van der Waals surface area (Å²) in [4.78, 5) is 4.26. The van der Waals surface area contributed by atoms with Crippen molar-refractivity contribution in [3.8, 4) is 0 Å². The first-order valence-electron chi connectivity index (χ1n) is 6.33. The van der Waals surface area contributed by atoms with Gasteiger partial charge < -0.3 is 10.1 Å². The highest BCUT2D eigenvalue weighted by atomic mass is 32.2. The third kappa shape index (κ3) is 6.54. The van der Waals surface area contributed by atoms with E-state index in [1.807, 2.05) is 0 Å². The molecule has 0 aromatic heterocycles. The smallest absolute Gasteiger partial charge is 0.238 e. The Morgan fingerprint density at radius 3 is 2.52 bits per heavy atom. The van der Waals surface area contributed by atoms with Gasteiger partial charge in [-0.05, 0) is 24.1 Å². The van der Waals surface area contributed by atoms with Crippen LogP contribution in [0.1, 0.15) is 5.56 Å². The van der Waals surface area contributed by atoms with Crippen LogP contribution in [0.3, 0.4) is 0 Å². The van der Waals surface area contributed by atoms with Crippen LogP contribution >= 0.6 is 0 Å². The molecule has 0 bridgehead atoms. The van der Waals surface area contributed by atoms with Gasteiger partial charge in [-0.15, -0.1) is 0 Å². The molecule has 0 saturated heterocycles. The number of methoxy groups -OCH3 is 1. The van der Waals surface area contributed by atoms with E-state index < -0.39 is 10.0 Å². The highest BCUT2D eigenvalue weighted by Crippen LogP contribution is 2.08. The Hall–Kier alpha value is -1.68. The molecule has 8 nitrogen and oxygen atoms in total. The predicted octanol–water partition coefficient (Wildman–Crippen LogP) is -1.07. The Kier molecular flexibility index (Phi) is 7.09. The molecule has 9 heteroatoms. The number of sulfonamides is 1. The Balaban J connectivity index is 2.46. The summed E-state index contributed by atoms with van der Waals surface area (Å²) < 4.78 is 27.1. The highest BCUT2D eigenvalue weighted by Gasteiger charge is 2.06. The lowest BCUT2D eigenvalue weighted by molar-refractivity contribution is 0.208. The number of nitrogens with one attached hydrogen (secondary N) is 2. The minimum atomic E-state index is -3.64. The van der Waals surface area contributed by atoms with E-state index in [1.165, 1.54) is 12.1 Å². The Morgan fingerprint density at radius 1 is 1.33 bits per heavy atom. The minimum absolute atomic E-state index is 0.102. The number of nitrogens with two attached hydrogens (primary N) is 2. The summed E-state index contributed by atoms with van der Waals surface area (Å²) in [5.41, 5.74) is 3.44. The number of primary sulfonamides is 1. The molecule has 118 valence electrons. The van der Waals surface area contributed by atoms with Gasteiger partial charge in [0.15, 0.2) is 0 Å². The maximum Gasteiger partial charge on any atom is 0.238 e. The number of guanidine groups is 1. The number of aliphatic imine (C=N–C) groups is 1.